The van der Waals surface area contributed by atoms with Crippen LogP contribution in [0.4, 0.5) is 4.39 Å². The first kappa shape index (κ1) is 37.7. The number of aromatic nitrogens is 3. The normalized spacial score (nSPS) is 23.9. The Kier molecular flexibility index (Phi) is 11.3. The summed E-state index contributed by atoms with van der Waals surface area (Å²) < 4.78 is 51.6. The van der Waals surface area contributed by atoms with Crippen LogP contribution in [0.15, 0.2) is 70.3 Å². The fraction of sp³-hybridized carbons (Fsp3) is 0.432. The smallest absolute Gasteiger partial charge is 0.257 e. The van der Waals surface area contributed by atoms with Crippen LogP contribution in [-0.2, 0) is 32.5 Å². The van der Waals surface area contributed by atoms with Crippen LogP contribution in [-0.4, -0.2) is 79.2 Å². The molecular formula is C44H44FN3O8. The molecule has 0 bridgehead atoms. The van der Waals surface area contributed by atoms with E-state index in [4.69, 9.17) is 28.4 Å². The lowest BCUT2D eigenvalue weighted by atomic mass is 10.1. The molecule has 2 aliphatic carbocycles. The standard InChI is InChI=1S/C44H44FN3O8/c1-28-17-35(55-26-36-24-51-13-15-53-36)21-43(50)48(28)23-30-6-12-40(45)34(18-30)11-10-33-20-39(33)38-19-32(38)9-5-29-3-7-31(8-4-29)44-46-41(22-42(49)47(44)2)56-27-37-25-52-14-16-54-37/h3-4,6-8,12,17-18,21-22,32-33,36-39H,13-16,19-20,23-27H2,1-2H3/t32?,33?,36-,37-,38?,39?/m1/s1. The van der Waals surface area contributed by atoms with Gasteiger partial charge >= 0.3 is 0 Å². The Balaban J connectivity index is 0.841. The summed E-state index contributed by atoms with van der Waals surface area (Å²) in [5, 5.41) is 0. The van der Waals surface area contributed by atoms with Crippen molar-refractivity contribution in [2.45, 2.75) is 38.5 Å². The van der Waals surface area contributed by atoms with E-state index in [0.717, 1.165) is 35.2 Å². The number of hydrogen-bond donors (Lipinski definition) is 0. The van der Waals surface area contributed by atoms with E-state index in [1.807, 2.05) is 37.3 Å². The molecule has 0 amide bonds. The highest BCUT2D eigenvalue weighted by atomic mass is 19.1. The average Bonchev–Trinajstić information content (AvgIpc) is 4.15. The Morgan fingerprint density at radius 2 is 1.48 bits per heavy atom. The highest BCUT2D eigenvalue weighted by molar-refractivity contribution is 5.58. The van der Waals surface area contributed by atoms with E-state index in [1.165, 1.54) is 22.8 Å². The molecule has 4 aromatic rings. The number of hydrogen-bond acceptors (Lipinski definition) is 9. The maximum absolute atomic E-state index is 14.8. The number of nitrogens with zero attached hydrogens (tertiary/aromatic N) is 3. The van der Waals surface area contributed by atoms with Gasteiger partial charge in [0.05, 0.1) is 57.8 Å². The van der Waals surface area contributed by atoms with E-state index in [0.29, 0.717) is 87.7 Å². The summed E-state index contributed by atoms with van der Waals surface area (Å²) in [4.78, 5) is 30.2. The lowest BCUT2D eigenvalue weighted by molar-refractivity contribution is -0.102. The van der Waals surface area contributed by atoms with Crippen molar-refractivity contribution >= 4 is 0 Å². The zero-order chi connectivity index (χ0) is 38.6. The second-order valence-electron chi connectivity index (χ2n) is 14.8. The Bertz CT molecular complexity index is 2310. The van der Waals surface area contributed by atoms with Crippen molar-refractivity contribution in [2.75, 3.05) is 52.9 Å². The second-order valence-corrected chi connectivity index (χ2v) is 14.8. The van der Waals surface area contributed by atoms with Crippen molar-refractivity contribution in [3.63, 3.8) is 0 Å². The van der Waals surface area contributed by atoms with Gasteiger partial charge in [-0.15, -0.1) is 0 Å². The van der Waals surface area contributed by atoms with Gasteiger partial charge in [-0.2, -0.15) is 4.98 Å². The molecule has 0 radical (unpaired) electrons. The molecule has 12 heteroatoms. The molecule has 11 nitrogen and oxygen atoms in total. The van der Waals surface area contributed by atoms with Crippen LogP contribution in [0.3, 0.4) is 0 Å². The molecule has 8 rings (SSSR count). The minimum atomic E-state index is -0.374. The van der Waals surface area contributed by atoms with Gasteiger partial charge in [-0.25, -0.2) is 4.39 Å². The van der Waals surface area contributed by atoms with E-state index >= 15 is 0 Å². The van der Waals surface area contributed by atoms with E-state index in [9.17, 15) is 14.0 Å². The van der Waals surface area contributed by atoms with Gasteiger partial charge in [0.2, 0.25) is 5.88 Å². The zero-order valence-electron chi connectivity index (χ0n) is 31.5. The van der Waals surface area contributed by atoms with Gasteiger partial charge in [0.1, 0.15) is 42.8 Å². The van der Waals surface area contributed by atoms with Crippen molar-refractivity contribution in [3.8, 4) is 46.7 Å². The summed E-state index contributed by atoms with van der Waals surface area (Å²) in [6.07, 6.45) is 1.67. The largest absolute Gasteiger partial charge is 0.491 e. The summed E-state index contributed by atoms with van der Waals surface area (Å²) in [7, 11) is 1.69. The fourth-order valence-corrected chi connectivity index (χ4v) is 7.17. The van der Waals surface area contributed by atoms with Crippen LogP contribution in [0.25, 0.3) is 11.4 Å². The minimum Gasteiger partial charge on any atom is -0.491 e. The molecule has 290 valence electrons. The molecule has 6 atom stereocenters. The van der Waals surface area contributed by atoms with Crippen molar-refractivity contribution < 1.29 is 32.8 Å². The van der Waals surface area contributed by atoms with Crippen molar-refractivity contribution in [1.29, 1.82) is 0 Å². The highest BCUT2D eigenvalue weighted by Gasteiger charge is 2.52. The van der Waals surface area contributed by atoms with E-state index in [-0.39, 0.29) is 47.5 Å². The van der Waals surface area contributed by atoms with Crippen LogP contribution >= 0.6 is 0 Å². The molecule has 2 saturated heterocycles. The number of benzene rings is 2. The first-order valence-corrected chi connectivity index (χ1v) is 19.1. The lowest BCUT2D eigenvalue weighted by Crippen LogP contribution is -2.33. The maximum atomic E-state index is 14.8. The zero-order valence-corrected chi connectivity index (χ0v) is 31.5. The van der Waals surface area contributed by atoms with Crippen LogP contribution in [0, 0.1) is 60.1 Å². The Labute approximate surface area is 324 Å². The topological polar surface area (TPSA) is 112 Å². The lowest BCUT2D eigenvalue weighted by Gasteiger charge is -2.23. The summed E-state index contributed by atoms with van der Waals surface area (Å²) in [5.41, 5.74) is 3.11. The summed E-state index contributed by atoms with van der Waals surface area (Å²) in [6.45, 7) is 5.81. The summed E-state index contributed by atoms with van der Waals surface area (Å²) >= 11 is 0. The Hall–Kier alpha value is -5.24. The van der Waals surface area contributed by atoms with Crippen molar-refractivity contribution in [2.24, 2.45) is 30.7 Å². The average molecular weight is 762 g/mol. The predicted molar refractivity (Wildman–Crippen MR) is 205 cm³/mol. The molecule has 2 aromatic carbocycles. The maximum Gasteiger partial charge on any atom is 0.257 e. The molecule has 2 saturated carbocycles. The molecule has 2 aromatic heterocycles. The van der Waals surface area contributed by atoms with Crippen molar-refractivity contribution in [1.82, 2.24) is 14.1 Å². The highest BCUT2D eigenvalue weighted by Crippen LogP contribution is 2.57. The van der Waals surface area contributed by atoms with Gasteiger partial charge in [0.25, 0.3) is 11.1 Å². The first-order chi connectivity index (χ1) is 27.3. The summed E-state index contributed by atoms with van der Waals surface area (Å²) in [5.74, 6) is 15.5. The molecule has 0 N–H and O–H groups in total. The van der Waals surface area contributed by atoms with Gasteiger partial charge in [0.15, 0.2) is 0 Å². The van der Waals surface area contributed by atoms with Crippen LogP contribution in [0.5, 0.6) is 11.6 Å². The van der Waals surface area contributed by atoms with Crippen LogP contribution in [0.1, 0.15) is 35.2 Å². The van der Waals surface area contributed by atoms with Gasteiger partial charge < -0.3 is 33.0 Å². The van der Waals surface area contributed by atoms with Crippen LogP contribution in [0.2, 0.25) is 0 Å². The molecule has 4 fully saturated rings. The fourth-order valence-electron chi connectivity index (χ4n) is 7.17. The number of aryl methyl sites for hydroxylation is 1. The molecule has 4 aliphatic rings. The Morgan fingerprint density at radius 3 is 2.14 bits per heavy atom. The molecular weight excluding hydrogens is 717 g/mol. The van der Waals surface area contributed by atoms with Gasteiger partial charge in [-0.05, 0) is 67.5 Å². The van der Waals surface area contributed by atoms with E-state index < -0.39 is 0 Å². The summed E-state index contributed by atoms with van der Waals surface area (Å²) in [6, 6.07) is 17.2. The number of ether oxygens (including phenoxy) is 6. The van der Waals surface area contributed by atoms with E-state index in [1.54, 1.807) is 23.7 Å². The number of pyridine rings is 1. The number of halogens is 1. The first-order valence-electron chi connectivity index (χ1n) is 19.1. The third kappa shape index (κ3) is 9.23. The minimum absolute atomic E-state index is 0.161. The van der Waals surface area contributed by atoms with E-state index in [2.05, 4.69) is 28.7 Å². The van der Waals surface area contributed by atoms with Crippen LogP contribution < -0.4 is 20.6 Å². The number of rotatable bonds is 10. The second kappa shape index (κ2) is 16.9. The monoisotopic (exact) mass is 761 g/mol. The third-order valence-corrected chi connectivity index (χ3v) is 10.6. The van der Waals surface area contributed by atoms with Crippen molar-refractivity contribution in [3.05, 3.63) is 110 Å². The molecule has 4 unspecified atom stereocenters. The molecule has 0 spiro atoms. The van der Waals surface area contributed by atoms with Gasteiger partial charge in [-0.3, -0.25) is 14.2 Å². The predicted octanol–water partition coefficient (Wildman–Crippen LogP) is 4.37. The molecule has 4 heterocycles. The Morgan fingerprint density at radius 1 is 0.804 bits per heavy atom. The quantitative estimate of drug-likeness (QED) is 0.218. The molecule has 56 heavy (non-hydrogen) atoms. The molecule has 2 aliphatic heterocycles. The van der Waals surface area contributed by atoms with Gasteiger partial charge in [0, 0.05) is 41.8 Å². The SMILES string of the molecule is Cc1cc(OC[C@H]2COCCO2)cc(=O)n1Cc1ccc(F)c(C#CC2CC2C2CC2C#Cc2ccc(-c3nc(OC[C@H]4COCCO4)cc(=O)n3C)cc2)c1. The third-order valence-electron chi connectivity index (χ3n) is 10.6. The van der Waals surface area contributed by atoms with Gasteiger partial charge in [-0.1, -0.05) is 41.9 Å².